The summed E-state index contributed by atoms with van der Waals surface area (Å²) in [6.45, 7) is 6.39. The quantitative estimate of drug-likeness (QED) is 0.560. The van der Waals surface area contributed by atoms with E-state index >= 15 is 0 Å². The third-order valence-corrected chi connectivity index (χ3v) is 9.69. The van der Waals surface area contributed by atoms with Crippen molar-refractivity contribution in [2.75, 3.05) is 19.6 Å². The van der Waals surface area contributed by atoms with Crippen molar-refractivity contribution in [3.63, 3.8) is 0 Å². The molecule has 3 saturated heterocycles. The topological polar surface area (TPSA) is 15.3 Å². The molecule has 6 aliphatic rings. The van der Waals surface area contributed by atoms with Gasteiger partial charge in [-0.05, 0) is 114 Å². The Morgan fingerprint density at radius 3 is 2.56 bits per heavy atom. The van der Waals surface area contributed by atoms with E-state index in [2.05, 4.69) is 84.0 Å². The summed E-state index contributed by atoms with van der Waals surface area (Å²) in [7, 11) is 0. The third kappa shape index (κ3) is 3.26. The molecule has 0 unspecified atom stereocenters. The molecule has 0 aromatic heterocycles. The molecule has 0 radical (unpaired) electrons. The van der Waals surface area contributed by atoms with Gasteiger partial charge in [0.15, 0.2) is 0 Å². The largest absolute Gasteiger partial charge is 0.364 e. The van der Waals surface area contributed by atoms with Crippen molar-refractivity contribution >= 4 is 0 Å². The highest BCUT2D eigenvalue weighted by Crippen LogP contribution is 2.52. The van der Waals surface area contributed by atoms with Crippen LogP contribution in [0.5, 0.6) is 0 Å². The minimum atomic E-state index is 0.472. The van der Waals surface area contributed by atoms with Crippen molar-refractivity contribution in [3.05, 3.63) is 94.9 Å². The highest BCUT2D eigenvalue weighted by atomic mass is 15.1. The van der Waals surface area contributed by atoms with Gasteiger partial charge in [-0.25, -0.2) is 0 Å². The van der Waals surface area contributed by atoms with Gasteiger partial charge in [-0.15, -0.1) is 0 Å². The van der Waals surface area contributed by atoms with Crippen LogP contribution in [0.1, 0.15) is 60.3 Å². The Morgan fingerprint density at radius 1 is 0.824 bits per heavy atom. The summed E-state index contributed by atoms with van der Waals surface area (Å²) < 4.78 is 0. The van der Waals surface area contributed by atoms with Crippen LogP contribution >= 0.6 is 0 Å². The lowest BCUT2D eigenvalue weighted by Crippen LogP contribution is -2.51. The first kappa shape index (κ1) is 20.8. The fourth-order valence-electron chi connectivity index (χ4n) is 8.10. The fourth-order valence-corrected chi connectivity index (χ4v) is 8.10. The zero-order chi connectivity index (χ0) is 22.6. The molecule has 2 aliphatic carbocycles. The average molecular weight is 449 g/mol. The van der Waals surface area contributed by atoms with E-state index in [1.54, 1.807) is 16.7 Å². The van der Waals surface area contributed by atoms with E-state index in [9.17, 15) is 0 Å². The smallest absolute Gasteiger partial charge is 0.0275 e. The summed E-state index contributed by atoms with van der Waals surface area (Å²) in [4.78, 5) is 2.75. The molecule has 0 amide bonds. The van der Waals surface area contributed by atoms with Crippen LogP contribution in [0, 0.1) is 17.8 Å². The van der Waals surface area contributed by atoms with E-state index in [4.69, 9.17) is 0 Å². The first-order chi connectivity index (χ1) is 16.8. The van der Waals surface area contributed by atoms with Gasteiger partial charge in [-0.1, -0.05) is 55.5 Å². The molecular weight excluding hydrogens is 412 g/mol. The molecule has 2 heteroatoms. The minimum absolute atomic E-state index is 0.472. The Morgan fingerprint density at radius 2 is 1.71 bits per heavy atom. The van der Waals surface area contributed by atoms with Gasteiger partial charge in [0.2, 0.25) is 0 Å². The normalized spacial score (nSPS) is 33.3. The Bertz CT molecular complexity index is 1190. The molecule has 0 saturated carbocycles. The maximum absolute atomic E-state index is 3.71. The van der Waals surface area contributed by atoms with Crippen LogP contribution in [0.15, 0.2) is 72.6 Å². The number of hydrogen-bond acceptors (Lipinski definition) is 2. The van der Waals surface area contributed by atoms with Crippen LogP contribution in [-0.2, 0) is 12.8 Å². The highest BCUT2D eigenvalue weighted by molar-refractivity contribution is 5.76. The van der Waals surface area contributed by atoms with Gasteiger partial charge in [0.05, 0.1) is 0 Å². The van der Waals surface area contributed by atoms with Crippen LogP contribution in [0.2, 0.25) is 0 Å². The van der Waals surface area contributed by atoms with Gasteiger partial charge >= 0.3 is 0 Å². The number of nitrogens with zero attached hydrogens (tertiary/aromatic N) is 1. The Labute approximate surface area is 204 Å². The molecule has 4 heterocycles. The van der Waals surface area contributed by atoms with Gasteiger partial charge in [0.1, 0.15) is 0 Å². The molecule has 4 atom stereocenters. The molecule has 34 heavy (non-hydrogen) atoms. The molecule has 1 N–H and O–H groups in total. The van der Waals surface area contributed by atoms with Crippen LogP contribution in [-0.4, -0.2) is 24.5 Å². The summed E-state index contributed by atoms with van der Waals surface area (Å²) in [6, 6.07) is 14.1. The summed E-state index contributed by atoms with van der Waals surface area (Å²) in [6.07, 6.45) is 17.6. The zero-order valence-electron chi connectivity index (χ0n) is 20.3. The summed E-state index contributed by atoms with van der Waals surface area (Å²) in [5.74, 6) is 3.54. The second-order valence-corrected chi connectivity index (χ2v) is 11.3. The van der Waals surface area contributed by atoms with Crippen molar-refractivity contribution < 1.29 is 0 Å². The molecule has 0 spiro atoms. The lowest BCUT2D eigenvalue weighted by Gasteiger charge is -2.51. The predicted octanol–water partition coefficient (Wildman–Crippen LogP) is 6.56. The molecule has 8 rings (SSSR count). The fraction of sp³-hybridized carbons (Fsp3) is 0.438. The summed E-state index contributed by atoms with van der Waals surface area (Å²) in [5.41, 5.74) is 10.8. The van der Waals surface area contributed by atoms with Gasteiger partial charge in [0.25, 0.3) is 0 Å². The standard InChI is InChI=1S/C32H36N2/c1-21-19-29-25(24-8-5-4-7-23(21)24)10-12-27-26(29)11-13-28(30-20-34-17-14-22(30)15-18-34)32(27)31-9-3-2-6-16-33-31/h2-10,12,16,21-22,28,30,32-33H,11,13-15,17-20H2,1H3/t21-,28-,30-,32+/m0/s1. The first-order valence-corrected chi connectivity index (χ1v) is 13.5. The van der Waals surface area contributed by atoms with Crippen molar-refractivity contribution in [2.45, 2.75) is 50.9 Å². The first-order valence-electron chi connectivity index (χ1n) is 13.5. The minimum Gasteiger partial charge on any atom is -0.364 e. The van der Waals surface area contributed by atoms with E-state index in [0.717, 1.165) is 17.8 Å². The highest BCUT2D eigenvalue weighted by Gasteiger charge is 2.45. The number of allylic oxidation sites excluding steroid dienone is 5. The van der Waals surface area contributed by atoms with Gasteiger partial charge in [-0.3, -0.25) is 0 Å². The third-order valence-electron chi connectivity index (χ3n) is 9.69. The van der Waals surface area contributed by atoms with Gasteiger partial charge in [0, 0.05) is 24.4 Å². The SMILES string of the molecule is C[C@H]1Cc2c(ccc3c2CC[C@@H]([C@H]2CN4CCC2CC4)[C@@H]3C2=CC=CC=CN2)-c2ccccc21. The lowest BCUT2D eigenvalue weighted by atomic mass is 9.61. The summed E-state index contributed by atoms with van der Waals surface area (Å²) >= 11 is 0. The summed E-state index contributed by atoms with van der Waals surface area (Å²) in [5, 5.41) is 3.71. The zero-order valence-corrected chi connectivity index (χ0v) is 20.3. The van der Waals surface area contributed by atoms with Crippen LogP contribution < -0.4 is 5.32 Å². The van der Waals surface area contributed by atoms with E-state index in [-0.39, 0.29) is 0 Å². The number of rotatable bonds is 2. The van der Waals surface area contributed by atoms with E-state index in [1.165, 1.54) is 74.1 Å². The van der Waals surface area contributed by atoms with Crippen LogP contribution in [0.4, 0.5) is 0 Å². The Balaban J connectivity index is 1.35. The maximum atomic E-state index is 3.71. The van der Waals surface area contributed by atoms with Crippen LogP contribution in [0.3, 0.4) is 0 Å². The molecule has 2 nitrogen and oxygen atoms in total. The molecule has 4 aliphatic heterocycles. The predicted molar refractivity (Wildman–Crippen MR) is 141 cm³/mol. The Kier molecular flexibility index (Phi) is 5.05. The molecule has 2 aromatic carbocycles. The second-order valence-electron chi connectivity index (χ2n) is 11.3. The molecular formula is C32H36N2. The van der Waals surface area contributed by atoms with Gasteiger partial charge in [-0.2, -0.15) is 0 Å². The number of piperidine rings is 3. The van der Waals surface area contributed by atoms with Crippen LogP contribution in [0.25, 0.3) is 11.1 Å². The molecule has 2 bridgehead atoms. The van der Waals surface area contributed by atoms with Gasteiger partial charge < -0.3 is 10.2 Å². The van der Waals surface area contributed by atoms with Crippen molar-refractivity contribution in [3.8, 4) is 11.1 Å². The van der Waals surface area contributed by atoms with E-state index in [0.29, 0.717) is 11.8 Å². The molecule has 3 fully saturated rings. The number of hydrogen-bond donors (Lipinski definition) is 1. The van der Waals surface area contributed by atoms with Crippen molar-refractivity contribution in [1.29, 1.82) is 0 Å². The van der Waals surface area contributed by atoms with E-state index in [1.807, 2.05) is 0 Å². The van der Waals surface area contributed by atoms with E-state index < -0.39 is 0 Å². The maximum Gasteiger partial charge on any atom is 0.0275 e. The number of benzene rings is 2. The monoisotopic (exact) mass is 448 g/mol. The molecule has 174 valence electrons. The second kappa shape index (κ2) is 8.27. The Hall–Kier alpha value is -2.58. The number of nitrogens with one attached hydrogen (secondary N) is 1. The molecule has 2 aromatic rings. The average Bonchev–Trinajstić information content (AvgIpc) is 3.18. The van der Waals surface area contributed by atoms with Crippen molar-refractivity contribution in [2.24, 2.45) is 17.8 Å². The lowest BCUT2D eigenvalue weighted by molar-refractivity contribution is 0.0102. The number of fused-ring (bicyclic) bond motifs is 8. The van der Waals surface area contributed by atoms with Crippen molar-refractivity contribution in [1.82, 2.24) is 10.2 Å².